The third-order valence-electron chi connectivity index (χ3n) is 3.73. The summed E-state index contributed by atoms with van der Waals surface area (Å²) in [6.45, 7) is 3.58. The number of nitrogens with zero attached hydrogens (tertiary/aromatic N) is 2. The number of hydrogen-bond donors (Lipinski definition) is 1. The maximum Gasteiger partial charge on any atom is 0.355 e. The number of carbonyl (C=O) groups is 3. The van der Waals surface area contributed by atoms with E-state index in [0.29, 0.717) is 5.69 Å². The fraction of sp³-hybridized carbons (Fsp3) is 0.444. The first-order valence-electron chi connectivity index (χ1n) is 8.43. The Balaban J connectivity index is 1.94. The summed E-state index contributed by atoms with van der Waals surface area (Å²) in [5.41, 5.74) is 0.724. The van der Waals surface area contributed by atoms with Crippen LogP contribution in [0.25, 0.3) is 0 Å². The number of para-hydroxylation sites is 1. The number of anilines is 1. The summed E-state index contributed by atoms with van der Waals surface area (Å²) >= 11 is 0. The summed E-state index contributed by atoms with van der Waals surface area (Å²) in [6.07, 6.45) is 2.19. The minimum absolute atomic E-state index is 0.0365. The number of nitrogens with one attached hydrogen (secondary N) is 1. The highest BCUT2D eigenvalue weighted by Gasteiger charge is 2.26. The summed E-state index contributed by atoms with van der Waals surface area (Å²) in [7, 11) is 0. The van der Waals surface area contributed by atoms with Gasteiger partial charge in [0.05, 0.1) is 5.69 Å². The minimum Gasteiger partial charge on any atom is -0.451 e. The van der Waals surface area contributed by atoms with Crippen LogP contribution >= 0.6 is 0 Å². The molecule has 1 aromatic rings. The molecule has 0 bridgehead atoms. The summed E-state index contributed by atoms with van der Waals surface area (Å²) in [4.78, 5) is 35.9. The Bertz CT molecular complexity index is 658. The van der Waals surface area contributed by atoms with Gasteiger partial charge in [0.25, 0.3) is 5.91 Å². The van der Waals surface area contributed by atoms with Gasteiger partial charge in [-0.1, -0.05) is 31.5 Å². The number of ether oxygens (including phenoxy) is 1. The summed E-state index contributed by atoms with van der Waals surface area (Å²) in [6, 6.07) is 8.90. The molecule has 0 aliphatic carbocycles. The van der Waals surface area contributed by atoms with Gasteiger partial charge in [0.2, 0.25) is 5.91 Å². The Hall–Kier alpha value is -2.70. The Morgan fingerprint density at radius 2 is 2.00 bits per heavy atom. The third-order valence-corrected chi connectivity index (χ3v) is 3.73. The van der Waals surface area contributed by atoms with Crippen molar-refractivity contribution < 1.29 is 19.1 Å². The van der Waals surface area contributed by atoms with Crippen molar-refractivity contribution in [3.63, 3.8) is 0 Å². The van der Waals surface area contributed by atoms with Gasteiger partial charge in [-0.05, 0) is 25.5 Å². The average molecular weight is 345 g/mol. The van der Waals surface area contributed by atoms with Gasteiger partial charge >= 0.3 is 5.97 Å². The van der Waals surface area contributed by atoms with Crippen LogP contribution in [0, 0.1) is 0 Å². The van der Waals surface area contributed by atoms with Crippen molar-refractivity contribution in [2.45, 2.75) is 45.6 Å². The normalized spacial score (nSPS) is 15.4. The Morgan fingerprint density at radius 3 is 2.68 bits per heavy atom. The Kier molecular flexibility index (Phi) is 6.68. The second-order valence-electron chi connectivity index (χ2n) is 5.92. The zero-order valence-electron chi connectivity index (χ0n) is 14.5. The molecule has 0 spiro atoms. The minimum atomic E-state index is -0.674. The zero-order valence-corrected chi connectivity index (χ0v) is 14.5. The van der Waals surface area contributed by atoms with Gasteiger partial charge in [0.15, 0.2) is 6.61 Å². The molecule has 2 amide bonds. The van der Waals surface area contributed by atoms with E-state index in [1.54, 1.807) is 24.3 Å². The monoisotopic (exact) mass is 345 g/mol. The maximum absolute atomic E-state index is 12.1. The van der Waals surface area contributed by atoms with E-state index in [-0.39, 0.29) is 43.0 Å². The van der Waals surface area contributed by atoms with Crippen LogP contribution in [0.4, 0.5) is 5.69 Å². The number of carbonyl (C=O) groups excluding carboxylic acids is 3. The molecule has 7 heteroatoms. The van der Waals surface area contributed by atoms with Gasteiger partial charge in [-0.25, -0.2) is 9.80 Å². The molecule has 7 nitrogen and oxygen atoms in total. The first-order valence-corrected chi connectivity index (χ1v) is 8.43. The number of hydrazone groups is 1. The van der Waals surface area contributed by atoms with Gasteiger partial charge in [-0.15, -0.1) is 0 Å². The molecule has 0 aromatic heterocycles. The van der Waals surface area contributed by atoms with Crippen molar-refractivity contribution >= 4 is 29.2 Å². The molecule has 25 heavy (non-hydrogen) atoms. The summed E-state index contributed by atoms with van der Waals surface area (Å²) in [5.74, 6) is -1.21. The Labute approximate surface area is 147 Å². The Morgan fingerprint density at radius 1 is 1.28 bits per heavy atom. The van der Waals surface area contributed by atoms with E-state index in [1.165, 1.54) is 5.01 Å². The van der Waals surface area contributed by atoms with Crippen LogP contribution in [0.2, 0.25) is 0 Å². The highest BCUT2D eigenvalue weighted by atomic mass is 16.5. The maximum atomic E-state index is 12.1. The van der Waals surface area contributed by atoms with Gasteiger partial charge in [-0.3, -0.25) is 9.59 Å². The van der Waals surface area contributed by atoms with Crippen LogP contribution in [-0.2, 0) is 19.1 Å². The molecule has 1 atom stereocenters. The van der Waals surface area contributed by atoms with Gasteiger partial charge in [0.1, 0.15) is 5.71 Å². The van der Waals surface area contributed by atoms with E-state index in [0.717, 1.165) is 12.8 Å². The van der Waals surface area contributed by atoms with Crippen molar-refractivity contribution in [3.05, 3.63) is 30.3 Å². The molecule has 1 unspecified atom stereocenters. The fourth-order valence-corrected chi connectivity index (χ4v) is 2.51. The predicted molar refractivity (Wildman–Crippen MR) is 94.1 cm³/mol. The van der Waals surface area contributed by atoms with Crippen LogP contribution in [0.5, 0.6) is 0 Å². The lowest BCUT2D eigenvalue weighted by Crippen LogP contribution is -2.38. The second-order valence-corrected chi connectivity index (χ2v) is 5.92. The summed E-state index contributed by atoms with van der Waals surface area (Å²) in [5, 5.41) is 8.05. The van der Waals surface area contributed by atoms with E-state index in [9.17, 15) is 14.4 Å². The molecule has 0 saturated heterocycles. The van der Waals surface area contributed by atoms with E-state index >= 15 is 0 Å². The number of benzene rings is 1. The van der Waals surface area contributed by atoms with Crippen LogP contribution in [0.1, 0.15) is 39.5 Å². The molecule has 2 rings (SSSR count). The fourth-order valence-electron chi connectivity index (χ4n) is 2.51. The number of rotatable bonds is 7. The lowest BCUT2D eigenvalue weighted by atomic mass is 10.1. The van der Waals surface area contributed by atoms with Gasteiger partial charge in [0, 0.05) is 18.9 Å². The standard InChI is InChI=1S/C18H23N3O4/c1-3-7-13(2)19-16(22)12-25-18(24)15-10-11-17(23)21(20-15)14-8-5-4-6-9-14/h4-6,8-9,13H,3,7,10-12H2,1-2H3,(H,19,22). The van der Waals surface area contributed by atoms with Crippen molar-refractivity contribution in [2.75, 3.05) is 11.6 Å². The molecule has 1 N–H and O–H groups in total. The highest BCUT2D eigenvalue weighted by Crippen LogP contribution is 2.19. The molecule has 1 aliphatic heterocycles. The van der Waals surface area contributed by atoms with Crippen molar-refractivity contribution in [1.29, 1.82) is 0 Å². The second kappa shape index (κ2) is 8.96. The average Bonchev–Trinajstić information content (AvgIpc) is 2.61. The lowest BCUT2D eigenvalue weighted by Gasteiger charge is -2.22. The van der Waals surface area contributed by atoms with Crippen molar-refractivity contribution in [2.24, 2.45) is 5.10 Å². The molecular formula is C18H23N3O4. The molecule has 0 radical (unpaired) electrons. The lowest BCUT2D eigenvalue weighted by molar-refractivity contribution is -0.142. The third kappa shape index (κ3) is 5.41. The predicted octanol–water partition coefficient (Wildman–Crippen LogP) is 2.02. The summed E-state index contributed by atoms with van der Waals surface area (Å²) < 4.78 is 5.02. The topological polar surface area (TPSA) is 88.1 Å². The molecule has 1 aromatic carbocycles. The van der Waals surface area contributed by atoms with E-state index in [1.807, 2.05) is 19.9 Å². The van der Waals surface area contributed by atoms with Crippen LogP contribution < -0.4 is 10.3 Å². The molecular weight excluding hydrogens is 322 g/mol. The molecule has 0 saturated carbocycles. The zero-order chi connectivity index (χ0) is 18.2. The van der Waals surface area contributed by atoms with E-state index in [2.05, 4.69) is 10.4 Å². The number of amides is 2. The van der Waals surface area contributed by atoms with Crippen LogP contribution in [-0.4, -0.2) is 36.1 Å². The molecule has 134 valence electrons. The first-order chi connectivity index (χ1) is 12.0. The molecule has 1 aliphatic rings. The molecule has 1 heterocycles. The number of esters is 1. The van der Waals surface area contributed by atoms with Gasteiger partial charge < -0.3 is 10.1 Å². The smallest absolute Gasteiger partial charge is 0.355 e. The number of hydrogen-bond acceptors (Lipinski definition) is 5. The van der Waals surface area contributed by atoms with E-state index in [4.69, 9.17) is 4.74 Å². The molecule has 0 fully saturated rings. The van der Waals surface area contributed by atoms with E-state index < -0.39 is 5.97 Å². The van der Waals surface area contributed by atoms with Gasteiger partial charge in [-0.2, -0.15) is 5.10 Å². The largest absolute Gasteiger partial charge is 0.451 e. The van der Waals surface area contributed by atoms with Crippen molar-refractivity contribution in [1.82, 2.24) is 5.32 Å². The van der Waals surface area contributed by atoms with Crippen LogP contribution in [0.15, 0.2) is 35.4 Å². The van der Waals surface area contributed by atoms with Crippen molar-refractivity contribution in [3.8, 4) is 0 Å². The first kappa shape index (κ1) is 18.6. The highest BCUT2D eigenvalue weighted by molar-refractivity contribution is 6.38. The van der Waals surface area contributed by atoms with Crippen LogP contribution in [0.3, 0.4) is 0 Å². The SMILES string of the molecule is CCCC(C)NC(=O)COC(=O)C1=NN(c2ccccc2)C(=O)CC1. The quantitative estimate of drug-likeness (QED) is 0.766.